The van der Waals surface area contributed by atoms with Crippen molar-refractivity contribution in [3.8, 4) is 0 Å². The number of halogens is 2. The smallest absolute Gasteiger partial charge is 0.0931 e. The fraction of sp³-hybridized carbons (Fsp3) is 0.286. The minimum Gasteiger partial charge on any atom is -0.127 e. The van der Waals surface area contributed by atoms with Gasteiger partial charge in [-0.1, -0.05) is 45.2 Å². The molecule has 0 bridgehead atoms. The summed E-state index contributed by atoms with van der Waals surface area (Å²) in [6, 6.07) is 8.50. The van der Waals surface area contributed by atoms with Crippen LogP contribution in [-0.4, -0.2) is 0 Å². The average molecular weight is 330 g/mol. The molecule has 90 valence electrons. The normalized spacial score (nSPS) is 12.8. The molecule has 0 aliphatic heterocycles. The fourth-order valence-electron chi connectivity index (χ4n) is 2.20. The molecule has 1 aromatic carbocycles. The Morgan fingerprint density at radius 1 is 1.12 bits per heavy atom. The quantitative estimate of drug-likeness (QED) is 0.610. The standard InChI is InChI=1S/C14H14BrClS/c1-8-6-9(2)13(10(3)7-8)14(15)11-4-5-12(16)17-11/h4-7,14H,1-3H3. The van der Waals surface area contributed by atoms with E-state index in [0.717, 1.165) is 4.34 Å². The molecule has 0 radical (unpaired) electrons. The molecule has 0 amide bonds. The maximum Gasteiger partial charge on any atom is 0.0931 e. The van der Waals surface area contributed by atoms with Gasteiger partial charge in [-0.2, -0.15) is 0 Å². The van der Waals surface area contributed by atoms with Gasteiger partial charge < -0.3 is 0 Å². The molecule has 3 heteroatoms. The van der Waals surface area contributed by atoms with Crippen LogP contribution >= 0.6 is 38.9 Å². The Morgan fingerprint density at radius 3 is 2.18 bits per heavy atom. The van der Waals surface area contributed by atoms with Gasteiger partial charge >= 0.3 is 0 Å². The summed E-state index contributed by atoms with van der Waals surface area (Å²) in [6.45, 7) is 6.46. The second kappa shape index (κ2) is 5.13. The van der Waals surface area contributed by atoms with Crippen molar-refractivity contribution in [1.29, 1.82) is 0 Å². The molecule has 0 saturated carbocycles. The zero-order valence-electron chi connectivity index (χ0n) is 10.1. The fourth-order valence-corrected chi connectivity index (χ4v) is 4.40. The monoisotopic (exact) mass is 328 g/mol. The van der Waals surface area contributed by atoms with Gasteiger partial charge in [-0.25, -0.2) is 0 Å². The van der Waals surface area contributed by atoms with E-state index in [9.17, 15) is 0 Å². The minimum atomic E-state index is 0.237. The van der Waals surface area contributed by atoms with Crippen molar-refractivity contribution < 1.29 is 0 Å². The lowest BCUT2D eigenvalue weighted by Crippen LogP contribution is -1.98. The topological polar surface area (TPSA) is 0 Å². The molecule has 0 N–H and O–H groups in total. The molecule has 2 rings (SSSR count). The summed E-state index contributed by atoms with van der Waals surface area (Å²) in [7, 11) is 0. The van der Waals surface area contributed by atoms with Gasteiger partial charge in [0.25, 0.3) is 0 Å². The van der Waals surface area contributed by atoms with Gasteiger partial charge in [-0.15, -0.1) is 11.3 Å². The van der Waals surface area contributed by atoms with E-state index < -0.39 is 0 Å². The van der Waals surface area contributed by atoms with E-state index in [1.54, 1.807) is 11.3 Å². The van der Waals surface area contributed by atoms with Gasteiger partial charge in [-0.05, 0) is 49.6 Å². The highest BCUT2D eigenvalue weighted by atomic mass is 79.9. The van der Waals surface area contributed by atoms with Crippen LogP contribution < -0.4 is 0 Å². The first-order chi connectivity index (χ1) is 7.99. The first kappa shape index (κ1) is 13.1. The van der Waals surface area contributed by atoms with Gasteiger partial charge in [0, 0.05) is 4.88 Å². The lowest BCUT2D eigenvalue weighted by molar-refractivity contribution is 1.13. The number of alkyl halides is 1. The van der Waals surface area contributed by atoms with Crippen molar-refractivity contribution in [1.82, 2.24) is 0 Å². The molecule has 0 aliphatic rings. The number of benzene rings is 1. The highest BCUT2D eigenvalue weighted by Crippen LogP contribution is 2.39. The van der Waals surface area contributed by atoms with E-state index in [1.807, 2.05) is 6.07 Å². The number of hydrogen-bond acceptors (Lipinski definition) is 1. The molecule has 1 aromatic heterocycles. The number of rotatable bonds is 2. The van der Waals surface area contributed by atoms with E-state index >= 15 is 0 Å². The summed E-state index contributed by atoms with van der Waals surface area (Å²) in [5, 5.41) is 0. The Bertz CT molecular complexity index is 522. The molecule has 2 aromatic rings. The van der Waals surface area contributed by atoms with Crippen molar-refractivity contribution in [2.75, 3.05) is 0 Å². The van der Waals surface area contributed by atoms with Gasteiger partial charge in [0.15, 0.2) is 0 Å². The molecular formula is C14H14BrClS. The van der Waals surface area contributed by atoms with E-state index in [-0.39, 0.29) is 4.83 Å². The first-order valence-corrected chi connectivity index (χ1v) is 7.57. The van der Waals surface area contributed by atoms with Crippen LogP contribution in [0.5, 0.6) is 0 Å². The predicted octanol–water partition coefficient (Wildman–Crippen LogP) is 5.81. The summed E-state index contributed by atoms with van der Waals surface area (Å²) in [5.74, 6) is 0. The Hall–Kier alpha value is -0.310. The second-order valence-electron chi connectivity index (χ2n) is 4.32. The summed E-state index contributed by atoms with van der Waals surface area (Å²) in [5.41, 5.74) is 5.32. The van der Waals surface area contributed by atoms with Crippen molar-refractivity contribution >= 4 is 38.9 Å². The van der Waals surface area contributed by atoms with E-state index in [1.165, 1.54) is 27.1 Å². The van der Waals surface area contributed by atoms with Crippen molar-refractivity contribution in [2.24, 2.45) is 0 Å². The molecule has 17 heavy (non-hydrogen) atoms. The second-order valence-corrected chi connectivity index (χ2v) is 6.98. The SMILES string of the molecule is Cc1cc(C)c(C(Br)c2ccc(Cl)s2)c(C)c1. The zero-order valence-corrected chi connectivity index (χ0v) is 13.2. The van der Waals surface area contributed by atoms with Crippen LogP contribution in [0.3, 0.4) is 0 Å². The molecule has 1 atom stereocenters. The summed E-state index contributed by atoms with van der Waals surface area (Å²) < 4.78 is 0.840. The Morgan fingerprint density at radius 2 is 1.71 bits per heavy atom. The van der Waals surface area contributed by atoms with Crippen LogP contribution in [-0.2, 0) is 0 Å². The Balaban J connectivity index is 2.47. The van der Waals surface area contributed by atoms with Gasteiger partial charge in [0.2, 0.25) is 0 Å². The van der Waals surface area contributed by atoms with Crippen LogP contribution in [0.15, 0.2) is 24.3 Å². The number of hydrogen-bond donors (Lipinski definition) is 0. The largest absolute Gasteiger partial charge is 0.127 e. The van der Waals surface area contributed by atoms with Gasteiger partial charge in [0.1, 0.15) is 0 Å². The van der Waals surface area contributed by atoms with Gasteiger partial charge in [0.05, 0.1) is 9.16 Å². The van der Waals surface area contributed by atoms with Crippen LogP contribution in [0, 0.1) is 20.8 Å². The van der Waals surface area contributed by atoms with Gasteiger partial charge in [-0.3, -0.25) is 0 Å². The highest BCUT2D eigenvalue weighted by Gasteiger charge is 2.17. The maximum absolute atomic E-state index is 5.99. The highest BCUT2D eigenvalue weighted by molar-refractivity contribution is 9.09. The van der Waals surface area contributed by atoms with Crippen molar-refractivity contribution in [3.05, 3.63) is 55.7 Å². The molecule has 0 saturated heterocycles. The Kier molecular flexibility index (Phi) is 3.96. The molecule has 0 spiro atoms. The van der Waals surface area contributed by atoms with E-state index in [2.05, 4.69) is 54.9 Å². The zero-order chi connectivity index (χ0) is 12.6. The molecule has 1 unspecified atom stereocenters. The van der Waals surface area contributed by atoms with Crippen molar-refractivity contribution in [2.45, 2.75) is 25.6 Å². The molecule has 1 heterocycles. The maximum atomic E-state index is 5.99. The third-order valence-corrected chi connectivity index (χ3v) is 5.39. The van der Waals surface area contributed by atoms with Crippen molar-refractivity contribution in [3.63, 3.8) is 0 Å². The summed E-state index contributed by atoms with van der Waals surface area (Å²) in [4.78, 5) is 1.49. The first-order valence-electron chi connectivity index (χ1n) is 5.46. The van der Waals surface area contributed by atoms with E-state index in [4.69, 9.17) is 11.6 Å². The van der Waals surface area contributed by atoms with Crippen LogP contribution in [0.4, 0.5) is 0 Å². The average Bonchev–Trinajstić information content (AvgIpc) is 2.63. The molecule has 0 aliphatic carbocycles. The third kappa shape index (κ3) is 2.75. The predicted molar refractivity (Wildman–Crippen MR) is 80.8 cm³/mol. The third-order valence-electron chi connectivity index (χ3n) is 2.84. The summed E-state index contributed by atoms with van der Waals surface area (Å²) in [6.07, 6.45) is 0. The molecular weight excluding hydrogens is 316 g/mol. The lowest BCUT2D eigenvalue weighted by Gasteiger charge is -2.16. The van der Waals surface area contributed by atoms with Crippen LogP contribution in [0.2, 0.25) is 4.34 Å². The van der Waals surface area contributed by atoms with E-state index in [0.29, 0.717) is 0 Å². The Labute approximate surface area is 120 Å². The minimum absolute atomic E-state index is 0.237. The molecule has 0 fully saturated rings. The van der Waals surface area contributed by atoms with Crippen LogP contribution in [0.1, 0.15) is 32.0 Å². The lowest BCUT2D eigenvalue weighted by atomic mass is 9.97. The molecule has 0 nitrogen and oxygen atoms in total. The van der Waals surface area contributed by atoms with Crippen LogP contribution in [0.25, 0.3) is 0 Å². The number of aryl methyl sites for hydroxylation is 3. The summed E-state index contributed by atoms with van der Waals surface area (Å²) >= 11 is 11.4. The number of thiophene rings is 1.